The van der Waals surface area contributed by atoms with E-state index in [0.717, 1.165) is 38.5 Å². The van der Waals surface area contributed by atoms with Crippen LogP contribution in [0.4, 0.5) is 0 Å². The highest BCUT2D eigenvalue weighted by Gasteiger charge is 2.63. The molecule has 0 heterocycles. The molecular formula is C21H29O4-. The first-order valence-electron chi connectivity index (χ1n) is 9.86. The van der Waals surface area contributed by atoms with Crippen molar-refractivity contribution in [2.24, 2.45) is 28.6 Å². The van der Waals surface area contributed by atoms with Gasteiger partial charge in [-0.25, -0.2) is 0 Å². The first-order chi connectivity index (χ1) is 11.7. The van der Waals surface area contributed by atoms with Crippen LogP contribution in [-0.2, 0) is 9.59 Å². The van der Waals surface area contributed by atoms with Crippen LogP contribution >= 0.6 is 0 Å². The van der Waals surface area contributed by atoms with Gasteiger partial charge in [-0.2, -0.15) is 0 Å². The van der Waals surface area contributed by atoms with Gasteiger partial charge in [0.2, 0.25) is 0 Å². The van der Waals surface area contributed by atoms with E-state index in [2.05, 4.69) is 13.8 Å². The molecule has 0 radical (unpaired) electrons. The van der Waals surface area contributed by atoms with Gasteiger partial charge in [-0.15, -0.1) is 0 Å². The van der Waals surface area contributed by atoms with E-state index >= 15 is 0 Å². The lowest BCUT2D eigenvalue weighted by Gasteiger charge is -2.59. The van der Waals surface area contributed by atoms with Crippen LogP contribution in [0.25, 0.3) is 0 Å². The summed E-state index contributed by atoms with van der Waals surface area (Å²) >= 11 is 0. The Morgan fingerprint density at radius 2 is 1.88 bits per heavy atom. The molecule has 1 unspecified atom stereocenters. The highest BCUT2D eigenvalue weighted by molar-refractivity contribution is 5.91. The number of carbonyl (C=O) groups excluding carboxylic acids is 2. The Morgan fingerprint density at radius 3 is 2.60 bits per heavy atom. The van der Waals surface area contributed by atoms with Crippen molar-refractivity contribution in [1.29, 1.82) is 0 Å². The number of carbonyl (C=O) groups is 2. The van der Waals surface area contributed by atoms with Crippen LogP contribution in [0.2, 0.25) is 0 Å². The Morgan fingerprint density at radius 1 is 1.16 bits per heavy atom. The van der Waals surface area contributed by atoms with Gasteiger partial charge < -0.3 is 15.0 Å². The summed E-state index contributed by atoms with van der Waals surface area (Å²) in [5.41, 5.74) is 0.0152. The lowest BCUT2D eigenvalue weighted by molar-refractivity contribution is -0.311. The van der Waals surface area contributed by atoms with Gasteiger partial charge in [0.05, 0.1) is 5.60 Å². The van der Waals surface area contributed by atoms with Crippen molar-refractivity contribution < 1.29 is 19.8 Å². The van der Waals surface area contributed by atoms with E-state index in [-0.39, 0.29) is 23.0 Å². The molecule has 0 aromatic carbocycles. The molecule has 0 spiro atoms. The SMILES string of the molecule is C[C@]12CCC(=O)C=C1CC[C@@H]1[C@@H]2CC[C@@]2(C)[C@H]1CCC2(O)CC(=O)[O-]. The summed E-state index contributed by atoms with van der Waals surface area (Å²) in [6.45, 7) is 4.45. The molecule has 4 aliphatic rings. The predicted octanol–water partition coefficient (Wildman–Crippen LogP) is 2.39. The summed E-state index contributed by atoms with van der Waals surface area (Å²) in [4.78, 5) is 23.1. The molecule has 4 heteroatoms. The zero-order valence-electron chi connectivity index (χ0n) is 15.3. The summed E-state index contributed by atoms with van der Waals surface area (Å²) in [6, 6.07) is 0. The third-order valence-electron chi connectivity index (χ3n) is 8.72. The van der Waals surface area contributed by atoms with Crippen LogP contribution in [0, 0.1) is 28.6 Å². The second-order valence-electron chi connectivity index (χ2n) is 9.54. The Hall–Kier alpha value is -1.16. The summed E-state index contributed by atoms with van der Waals surface area (Å²) in [5.74, 6) is 0.606. The third kappa shape index (κ3) is 2.29. The molecule has 1 N–H and O–H groups in total. The number of rotatable bonds is 2. The molecular weight excluding hydrogens is 316 g/mol. The number of aliphatic carboxylic acids is 1. The predicted molar refractivity (Wildman–Crippen MR) is 91.3 cm³/mol. The summed E-state index contributed by atoms with van der Waals surface area (Å²) in [6.07, 6.45) is 8.71. The van der Waals surface area contributed by atoms with Gasteiger partial charge >= 0.3 is 0 Å². The summed E-state index contributed by atoms with van der Waals surface area (Å²) in [5, 5.41) is 22.4. The first kappa shape index (κ1) is 17.3. The zero-order valence-corrected chi connectivity index (χ0v) is 15.3. The highest BCUT2D eigenvalue weighted by Crippen LogP contribution is 2.67. The average molecular weight is 345 g/mol. The van der Waals surface area contributed by atoms with Crippen molar-refractivity contribution in [2.45, 2.75) is 77.2 Å². The third-order valence-corrected chi connectivity index (χ3v) is 8.72. The Labute approximate surface area is 149 Å². The largest absolute Gasteiger partial charge is 0.550 e. The molecule has 25 heavy (non-hydrogen) atoms. The molecule has 0 aromatic rings. The van der Waals surface area contributed by atoms with E-state index in [1.54, 1.807) is 0 Å². The van der Waals surface area contributed by atoms with Gasteiger partial charge in [-0.3, -0.25) is 4.79 Å². The number of hydrogen-bond acceptors (Lipinski definition) is 4. The van der Waals surface area contributed by atoms with Gasteiger partial charge in [0.1, 0.15) is 0 Å². The minimum atomic E-state index is -1.14. The first-order valence-corrected chi connectivity index (χ1v) is 9.86. The molecule has 6 atom stereocenters. The molecule has 0 amide bonds. The molecule has 0 aliphatic heterocycles. The summed E-state index contributed by atoms with van der Waals surface area (Å²) in [7, 11) is 0. The fraction of sp³-hybridized carbons (Fsp3) is 0.810. The minimum absolute atomic E-state index is 0.118. The highest BCUT2D eigenvalue weighted by atomic mass is 16.4. The normalized spacial score (nSPS) is 49.0. The second-order valence-corrected chi connectivity index (χ2v) is 9.54. The van der Waals surface area contributed by atoms with Crippen LogP contribution in [0.15, 0.2) is 11.6 Å². The van der Waals surface area contributed by atoms with Crippen molar-refractivity contribution in [3.63, 3.8) is 0 Å². The molecule has 4 nitrogen and oxygen atoms in total. The van der Waals surface area contributed by atoms with E-state index in [4.69, 9.17) is 0 Å². The van der Waals surface area contributed by atoms with E-state index in [1.165, 1.54) is 5.57 Å². The lowest BCUT2D eigenvalue weighted by atomic mass is 9.46. The molecule has 0 aromatic heterocycles. The Bertz CT molecular complexity index is 652. The van der Waals surface area contributed by atoms with Crippen molar-refractivity contribution in [2.75, 3.05) is 0 Å². The molecule has 3 fully saturated rings. The number of hydrogen-bond donors (Lipinski definition) is 1. The smallest absolute Gasteiger partial charge is 0.155 e. The van der Waals surface area contributed by atoms with Crippen LogP contribution in [0.3, 0.4) is 0 Å². The molecule has 0 saturated heterocycles. The van der Waals surface area contributed by atoms with Crippen molar-refractivity contribution in [3.8, 4) is 0 Å². The van der Waals surface area contributed by atoms with Crippen LogP contribution in [0.5, 0.6) is 0 Å². The standard InChI is InChI=1S/C21H30O4/c1-19-8-5-14(22)11-13(19)3-4-15-16(19)6-9-20(2)17(15)7-10-21(20,25)12-18(23)24/h11,15-17,25H,3-10,12H2,1-2H3,(H,23,24)/p-1/t15-,16+,17+,19+,20+,21?/m1/s1. The quantitative estimate of drug-likeness (QED) is 0.833. The van der Waals surface area contributed by atoms with E-state index < -0.39 is 11.6 Å². The molecule has 138 valence electrons. The molecule has 3 saturated carbocycles. The maximum atomic E-state index is 11.9. The fourth-order valence-corrected chi connectivity index (χ4v) is 7.20. The van der Waals surface area contributed by atoms with Crippen molar-refractivity contribution in [1.82, 2.24) is 0 Å². The van der Waals surface area contributed by atoms with E-state index in [0.29, 0.717) is 30.6 Å². The number of fused-ring (bicyclic) bond motifs is 5. The van der Waals surface area contributed by atoms with E-state index in [1.807, 2.05) is 6.08 Å². The maximum Gasteiger partial charge on any atom is 0.155 e. The van der Waals surface area contributed by atoms with Gasteiger partial charge in [-0.05, 0) is 79.6 Å². The number of carboxylic acid groups (broad SMARTS) is 1. The van der Waals surface area contributed by atoms with E-state index in [9.17, 15) is 19.8 Å². The number of allylic oxidation sites excluding steroid dienone is 1. The van der Waals surface area contributed by atoms with Gasteiger partial charge in [0.15, 0.2) is 5.78 Å². The molecule has 4 aliphatic carbocycles. The minimum Gasteiger partial charge on any atom is -0.550 e. The number of aliphatic hydroxyl groups is 1. The Balaban J connectivity index is 1.66. The van der Waals surface area contributed by atoms with Gasteiger partial charge in [0.25, 0.3) is 0 Å². The van der Waals surface area contributed by atoms with Crippen LogP contribution in [-0.4, -0.2) is 22.5 Å². The topological polar surface area (TPSA) is 77.4 Å². The lowest BCUT2D eigenvalue weighted by Crippen LogP contribution is -2.56. The van der Waals surface area contributed by atoms with Crippen molar-refractivity contribution in [3.05, 3.63) is 11.6 Å². The monoisotopic (exact) mass is 345 g/mol. The molecule has 0 bridgehead atoms. The summed E-state index contributed by atoms with van der Waals surface area (Å²) < 4.78 is 0. The Kier molecular flexibility index (Phi) is 3.74. The average Bonchev–Trinajstić information content (AvgIpc) is 2.79. The second kappa shape index (κ2) is 5.42. The van der Waals surface area contributed by atoms with Crippen molar-refractivity contribution >= 4 is 11.8 Å². The van der Waals surface area contributed by atoms with Crippen LogP contribution in [0.1, 0.15) is 71.6 Å². The number of carboxylic acids is 1. The van der Waals surface area contributed by atoms with Crippen LogP contribution < -0.4 is 5.11 Å². The van der Waals surface area contributed by atoms with Gasteiger partial charge in [0, 0.05) is 18.8 Å². The number of ketones is 1. The fourth-order valence-electron chi connectivity index (χ4n) is 7.20. The zero-order chi connectivity index (χ0) is 18.0. The molecule has 4 rings (SSSR count). The van der Waals surface area contributed by atoms with Gasteiger partial charge in [-0.1, -0.05) is 19.4 Å². The maximum absolute atomic E-state index is 11.9.